The molecular weight excluding hydrogens is 248 g/mol. The summed E-state index contributed by atoms with van der Waals surface area (Å²) in [5, 5.41) is 0.518. The van der Waals surface area contributed by atoms with Gasteiger partial charge in [0.15, 0.2) is 0 Å². The molecule has 0 radical (unpaired) electrons. The second kappa shape index (κ2) is 5.27. The van der Waals surface area contributed by atoms with Gasteiger partial charge in [0.2, 0.25) is 0 Å². The van der Waals surface area contributed by atoms with Crippen LogP contribution in [0.4, 0.5) is 0 Å². The second-order valence-electron chi connectivity index (χ2n) is 5.24. The van der Waals surface area contributed by atoms with E-state index in [0.717, 1.165) is 25.1 Å². The predicted octanol–water partition coefficient (Wildman–Crippen LogP) is 3.30. The SMILES string of the molecule is Cc1ncc(Cl)cc1C(=O)N1CCCC1C(C)C. The summed E-state index contributed by atoms with van der Waals surface area (Å²) in [5.74, 6) is 0.558. The molecule has 18 heavy (non-hydrogen) atoms. The monoisotopic (exact) mass is 266 g/mol. The van der Waals surface area contributed by atoms with Gasteiger partial charge >= 0.3 is 0 Å². The molecular formula is C14H19ClN2O. The van der Waals surface area contributed by atoms with Gasteiger partial charge in [-0.25, -0.2) is 0 Å². The number of likely N-dealkylation sites (tertiary alicyclic amines) is 1. The van der Waals surface area contributed by atoms with Crippen molar-refractivity contribution in [1.29, 1.82) is 0 Å². The Labute approximate surface area is 113 Å². The maximum Gasteiger partial charge on any atom is 0.256 e. The van der Waals surface area contributed by atoms with Gasteiger partial charge < -0.3 is 4.90 Å². The van der Waals surface area contributed by atoms with Gasteiger partial charge in [-0.05, 0) is 31.7 Å². The van der Waals surface area contributed by atoms with Crippen LogP contribution in [-0.2, 0) is 0 Å². The van der Waals surface area contributed by atoms with E-state index < -0.39 is 0 Å². The number of rotatable bonds is 2. The zero-order valence-electron chi connectivity index (χ0n) is 11.1. The Morgan fingerprint density at radius 2 is 2.28 bits per heavy atom. The maximum atomic E-state index is 12.6. The van der Waals surface area contributed by atoms with E-state index in [2.05, 4.69) is 18.8 Å². The van der Waals surface area contributed by atoms with Crippen LogP contribution in [0.25, 0.3) is 0 Å². The third-order valence-electron chi connectivity index (χ3n) is 3.61. The van der Waals surface area contributed by atoms with Crippen molar-refractivity contribution in [3.05, 3.63) is 28.5 Å². The highest BCUT2D eigenvalue weighted by molar-refractivity contribution is 6.30. The topological polar surface area (TPSA) is 33.2 Å². The third kappa shape index (κ3) is 2.51. The molecule has 1 atom stereocenters. The molecule has 2 heterocycles. The average molecular weight is 267 g/mol. The van der Waals surface area contributed by atoms with E-state index in [1.54, 1.807) is 12.3 Å². The van der Waals surface area contributed by atoms with Crippen molar-refractivity contribution >= 4 is 17.5 Å². The van der Waals surface area contributed by atoms with Gasteiger partial charge in [0, 0.05) is 18.8 Å². The molecule has 0 N–H and O–H groups in total. The van der Waals surface area contributed by atoms with E-state index >= 15 is 0 Å². The highest BCUT2D eigenvalue weighted by Gasteiger charge is 2.32. The number of aromatic nitrogens is 1. The summed E-state index contributed by atoms with van der Waals surface area (Å²) in [6.07, 6.45) is 3.76. The van der Waals surface area contributed by atoms with Crippen LogP contribution in [0.2, 0.25) is 5.02 Å². The molecule has 1 aliphatic heterocycles. The first kappa shape index (κ1) is 13.3. The molecule has 1 unspecified atom stereocenters. The third-order valence-corrected chi connectivity index (χ3v) is 3.82. The van der Waals surface area contributed by atoms with Crippen molar-refractivity contribution in [3.8, 4) is 0 Å². The lowest BCUT2D eigenvalue weighted by molar-refractivity contribution is 0.0700. The van der Waals surface area contributed by atoms with Crippen LogP contribution in [0, 0.1) is 12.8 Å². The molecule has 0 saturated carbocycles. The number of halogens is 1. The zero-order valence-corrected chi connectivity index (χ0v) is 11.9. The Morgan fingerprint density at radius 3 is 2.94 bits per heavy atom. The quantitative estimate of drug-likeness (QED) is 0.823. The highest BCUT2D eigenvalue weighted by atomic mass is 35.5. The number of carbonyl (C=O) groups is 1. The fourth-order valence-corrected chi connectivity index (χ4v) is 2.77. The summed E-state index contributed by atoms with van der Waals surface area (Å²) in [6, 6.07) is 2.07. The molecule has 1 aromatic heterocycles. The number of pyridine rings is 1. The molecule has 1 amide bonds. The zero-order chi connectivity index (χ0) is 13.3. The van der Waals surface area contributed by atoms with Crippen LogP contribution in [0.1, 0.15) is 42.7 Å². The van der Waals surface area contributed by atoms with Gasteiger partial charge in [-0.3, -0.25) is 9.78 Å². The van der Waals surface area contributed by atoms with E-state index in [9.17, 15) is 4.79 Å². The van der Waals surface area contributed by atoms with Gasteiger partial charge in [-0.1, -0.05) is 25.4 Å². The first-order valence-electron chi connectivity index (χ1n) is 6.44. The first-order chi connectivity index (χ1) is 8.50. The van der Waals surface area contributed by atoms with Gasteiger partial charge in [0.1, 0.15) is 0 Å². The lowest BCUT2D eigenvalue weighted by Gasteiger charge is -2.28. The number of hydrogen-bond acceptors (Lipinski definition) is 2. The van der Waals surface area contributed by atoms with Crippen LogP contribution < -0.4 is 0 Å². The van der Waals surface area contributed by atoms with E-state index in [0.29, 0.717) is 22.5 Å². The average Bonchev–Trinajstić information content (AvgIpc) is 2.80. The Hall–Kier alpha value is -1.09. The number of amides is 1. The van der Waals surface area contributed by atoms with Crippen molar-refractivity contribution in [2.45, 2.75) is 39.7 Å². The molecule has 0 aliphatic carbocycles. The molecule has 0 bridgehead atoms. The van der Waals surface area contributed by atoms with Gasteiger partial charge in [0.25, 0.3) is 5.91 Å². The molecule has 3 nitrogen and oxygen atoms in total. The molecule has 2 rings (SSSR count). The van der Waals surface area contributed by atoms with Crippen molar-refractivity contribution < 1.29 is 4.79 Å². The lowest BCUT2D eigenvalue weighted by Crippen LogP contribution is -2.38. The van der Waals surface area contributed by atoms with E-state index in [-0.39, 0.29) is 5.91 Å². The largest absolute Gasteiger partial charge is 0.335 e. The maximum absolute atomic E-state index is 12.6. The standard InChI is InChI=1S/C14H19ClN2O/c1-9(2)13-5-4-6-17(13)14(18)12-7-11(15)8-16-10(12)3/h7-9,13H,4-6H2,1-3H3. The van der Waals surface area contributed by atoms with E-state index in [1.165, 1.54) is 0 Å². The van der Waals surface area contributed by atoms with Crippen LogP contribution >= 0.6 is 11.6 Å². The minimum atomic E-state index is 0.0682. The minimum absolute atomic E-state index is 0.0682. The second-order valence-corrected chi connectivity index (χ2v) is 5.68. The van der Waals surface area contributed by atoms with Gasteiger partial charge in [-0.2, -0.15) is 0 Å². The molecule has 0 aromatic carbocycles. The lowest BCUT2D eigenvalue weighted by atomic mass is 10.0. The summed E-state index contributed by atoms with van der Waals surface area (Å²) in [6.45, 7) is 7.02. The highest BCUT2D eigenvalue weighted by Crippen LogP contribution is 2.26. The van der Waals surface area contributed by atoms with Crippen molar-refractivity contribution in [3.63, 3.8) is 0 Å². The predicted molar refractivity (Wildman–Crippen MR) is 72.9 cm³/mol. The molecule has 1 saturated heterocycles. The minimum Gasteiger partial charge on any atom is -0.335 e. The van der Waals surface area contributed by atoms with E-state index in [4.69, 9.17) is 11.6 Å². The number of carbonyl (C=O) groups excluding carboxylic acids is 1. The first-order valence-corrected chi connectivity index (χ1v) is 6.81. The van der Waals surface area contributed by atoms with Crippen LogP contribution in [0.5, 0.6) is 0 Å². The van der Waals surface area contributed by atoms with Crippen molar-refractivity contribution in [2.24, 2.45) is 5.92 Å². The Balaban J connectivity index is 2.28. The van der Waals surface area contributed by atoms with Crippen LogP contribution in [0.15, 0.2) is 12.3 Å². The van der Waals surface area contributed by atoms with Crippen molar-refractivity contribution in [1.82, 2.24) is 9.88 Å². The molecule has 0 spiro atoms. The Bertz CT molecular complexity index is 459. The van der Waals surface area contributed by atoms with Crippen LogP contribution in [-0.4, -0.2) is 28.4 Å². The summed E-state index contributed by atoms with van der Waals surface area (Å²) in [5.41, 5.74) is 1.38. The Morgan fingerprint density at radius 1 is 1.56 bits per heavy atom. The van der Waals surface area contributed by atoms with E-state index in [1.807, 2.05) is 11.8 Å². The fraction of sp³-hybridized carbons (Fsp3) is 0.571. The van der Waals surface area contributed by atoms with Crippen LogP contribution in [0.3, 0.4) is 0 Å². The Kier molecular flexibility index (Phi) is 3.91. The molecule has 1 aliphatic rings. The molecule has 1 aromatic rings. The van der Waals surface area contributed by atoms with Gasteiger partial charge in [0.05, 0.1) is 16.3 Å². The fourth-order valence-electron chi connectivity index (χ4n) is 2.62. The summed E-state index contributed by atoms with van der Waals surface area (Å²) in [7, 11) is 0. The smallest absolute Gasteiger partial charge is 0.256 e. The summed E-state index contributed by atoms with van der Waals surface area (Å²) in [4.78, 5) is 18.7. The molecule has 98 valence electrons. The summed E-state index contributed by atoms with van der Waals surface area (Å²) >= 11 is 5.93. The normalized spacial score (nSPS) is 19.6. The molecule has 1 fully saturated rings. The molecule has 4 heteroatoms. The number of aryl methyl sites for hydroxylation is 1. The number of hydrogen-bond donors (Lipinski definition) is 0. The number of nitrogens with zero attached hydrogens (tertiary/aromatic N) is 2. The summed E-state index contributed by atoms with van der Waals surface area (Å²) < 4.78 is 0. The van der Waals surface area contributed by atoms with Crippen molar-refractivity contribution in [2.75, 3.05) is 6.54 Å². The van der Waals surface area contributed by atoms with Gasteiger partial charge in [-0.15, -0.1) is 0 Å².